The second-order valence-corrected chi connectivity index (χ2v) is 6.06. The van der Waals surface area contributed by atoms with Crippen molar-refractivity contribution in [3.05, 3.63) is 35.2 Å². The van der Waals surface area contributed by atoms with Gasteiger partial charge in [0.25, 0.3) is 0 Å². The Morgan fingerprint density at radius 3 is 2.79 bits per heavy atom. The highest BCUT2D eigenvalue weighted by Crippen LogP contribution is 2.35. The molecule has 0 spiro atoms. The summed E-state index contributed by atoms with van der Waals surface area (Å²) in [5.74, 6) is 6.48. The minimum absolute atomic E-state index is 0.263. The number of hydrazine groups is 1. The highest BCUT2D eigenvalue weighted by atomic mass is 32.1. The van der Waals surface area contributed by atoms with Crippen molar-refractivity contribution >= 4 is 21.4 Å². The zero-order chi connectivity index (χ0) is 13.7. The number of benzene rings is 1. The van der Waals surface area contributed by atoms with Crippen LogP contribution in [-0.4, -0.2) is 0 Å². The van der Waals surface area contributed by atoms with E-state index in [1.54, 1.807) is 0 Å². The molecule has 0 radical (unpaired) electrons. The average molecular weight is 276 g/mol. The quantitative estimate of drug-likeness (QED) is 0.572. The molecule has 2 nitrogen and oxygen atoms in total. The van der Waals surface area contributed by atoms with Crippen LogP contribution < -0.4 is 11.3 Å². The van der Waals surface area contributed by atoms with E-state index in [2.05, 4.69) is 48.9 Å². The molecule has 1 heterocycles. The first-order valence-electron chi connectivity index (χ1n) is 7.24. The topological polar surface area (TPSA) is 38.0 Å². The van der Waals surface area contributed by atoms with Crippen LogP contribution in [0.25, 0.3) is 10.1 Å². The Morgan fingerprint density at radius 1 is 1.26 bits per heavy atom. The average Bonchev–Trinajstić information content (AvgIpc) is 2.92. The van der Waals surface area contributed by atoms with Crippen LogP contribution in [0.1, 0.15) is 51.1 Å². The van der Waals surface area contributed by atoms with Crippen LogP contribution >= 0.6 is 11.3 Å². The molecule has 104 valence electrons. The SMILES string of the molecule is CCCCC(CC)C(NN)c1cccc2ccsc12. The molecule has 2 aromatic rings. The molecule has 0 saturated carbocycles. The van der Waals surface area contributed by atoms with Gasteiger partial charge in [-0.1, -0.05) is 51.3 Å². The predicted octanol–water partition coefficient (Wildman–Crippen LogP) is 4.62. The van der Waals surface area contributed by atoms with E-state index in [1.807, 2.05) is 11.3 Å². The Morgan fingerprint density at radius 2 is 2.11 bits per heavy atom. The van der Waals surface area contributed by atoms with Gasteiger partial charge in [0.2, 0.25) is 0 Å². The highest BCUT2D eigenvalue weighted by molar-refractivity contribution is 7.17. The third-order valence-electron chi connectivity index (χ3n) is 3.95. The van der Waals surface area contributed by atoms with Crippen molar-refractivity contribution in [3.63, 3.8) is 0 Å². The Labute approximate surface area is 120 Å². The Kier molecular flexibility index (Phi) is 5.37. The van der Waals surface area contributed by atoms with Gasteiger partial charge in [0, 0.05) is 4.70 Å². The number of thiophene rings is 1. The number of nitrogens with two attached hydrogens (primary N) is 1. The van der Waals surface area contributed by atoms with Crippen LogP contribution in [0.4, 0.5) is 0 Å². The lowest BCUT2D eigenvalue weighted by Gasteiger charge is -2.26. The van der Waals surface area contributed by atoms with E-state index in [1.165, 1.54) is 34.9 Å². The maximum absolute atomic E-state index is 5.87. The molecule has 0 aliphatic carbocycles. The third-order valence-corrected chi connectivity index (χ3v) is 4.93. The molecule has 0 fully saturated rings. The van der Waals surface area contributed by atoms with Crippen LogP contribution in [0.15, 0.2) is 29.6 Å². The summed E-state index contributed by atoms with van der Waals surface area (Å²) in [5.41, 5.74) is 4.43. The number of fused-ring (bicyclic) bond motifs is 1. The van der Waals surface area contributed by atoms with E-state index in [-0.39, 0.29) is 6.04 Å². The van der Waals surface area contributed by atoms with Gasteiger partial charge < -0.3 is 0 Å². The molecule has 2 unspecified atom stereocenters. The predicted molar refractivity (Wildman–Crippen MR) is 85.2 cm³/mol. The van der Waals surface area contributed by atoms with Gasteiger partial charge in [-0.25, -0.2) is 0 Å². The van der Waals surface area contributed by atoms with Gasteiger partial charge in [0.05, 0.1) is 6.04 Å². The molecule has 1 aromatic heterocycles. The van der Waals surface area contributed by atoms with Crippen LogP contribution in [0, 0.1) is 5.92 Å². The maximum atomic E-state index is 5.87. The van der Waals surface area contributed by atoms with Crippen molar-refractivity contribution in [2.24, 2.45) is 11.8 Å². The molecule has 2 rings (SSSR count). The van der Waals surface area contributed by atoms with E-state index in [0.29, 0.717) is 5.92 Å². The molecule has 3 heteroatoms. The number of nitrogens with one attached hydrogen (secondary N) is 1. The highest BCUT2D eigenvalue weighted by Gasteiger charge is 2.22. The first-order valence-corrected chi connectivity index (χ1v) is 8.12. The van der Waals surface area contributed by atoms with E-state index in [0.717, 1.165) is 6.42 Å². The summed E-state index contributed by atoms with van der Waals surface area (Å²) in [6.45, 7) is 4.51. The third kappa shape index (κ3) is 3.16. The molecule has 1 aromatic carbocycles. The molecule has 3 N–H and O–H groups in total. The van der Waals surface area contributed by atoms with Crippen LogP contribution in [0.3, 0.4) is 0 Å². The summed E-state index contributed by atoms with van der Waals surface area (Å²) in [7, 11) is 0. The molecule has 19 heavy (non-hydrogen) atoms. The van der Waals surface area contributed by atoms with Crippen LogP contribution in [0.2, 0.25) is 0 Å². The first kappa shape index (κ1) is 14.5. The number of hydrogen-bond donors (Lipinski definition) is 2. The molecular weight excluding hydrogens is 252 g/mol. The second-order valence-electron chi connectivity index (χ2n) is 5.14. The summed E-state index contributed by atoms with van der Waals surface area (Å²) < 4.78 is 1.38. The van der Waals surface area contributed by atoms with Gasteiger partial charge in [0.15, 0.2) is 0 Å². The zero-order valence-corrected chi connectivity index (χ0v) is 12.7. The fraction of sp³-hybridized carbons (Fsp3) is 0.500. The second kappa shape index (κ2) is 7.04. The molecule has 2 atom stereocenters. The molecule has 0 aliphatic rings. The number of rotatable bonds is 7. The molecule has 0 amide bonds. The lowest BCUT2D eigenvalue weighted by molar-refractivity contribution is 0.328. The largest absolute Gasteiger partial charge is 0.271 e. The summed E-state index contributed by atoms with van der Waals surface area (Å²) >= 11 is 1.81. The first-order chi connectivity index (χ1) is 9.31. The normalized spacial score (nSPS) is 14.7. The van der Waals surface area contributed by atoms with Crippen LogP contribution in [0.5, 0.6) is 0 Å². The fourth-order valence-corrected chi connectivity index (χ4v) is 3.77. The Bertz CT molecular complexity index is 506. The lowest BCUT2D eigenvalue weighted by Crippen LogP contribution is -2.33. The molecule has 0 bridgehead atoms. The molecule has 0 aliphatic heterocycles. The van der Waals surface area contributed by atoms with Gasteiger partial charge in [-0.2, -0.15) is 0 Å². The van der Waals surface area contributed by atoms with Crippen molar-refractivity contribution in [3.8, 4) is 0 Å². The van der Waals surface area contributed by atoms with Crippen molar-refractivity contribution in [1.29, 1.82) is 0 Å². The van der Waals surface area contributed by atoms with E-state index < -0.39 is 0 Å². The van der Waals surface area contributed by atoms with Crippen molar-refractivity contribution in [2.75, 3.05) is 0 Å². The van der Waals surface area contributed by atoms with Crippen molar-refractivity contribution in [1.82, 2.24) is 5.43 Å². The van der Waals surface area contributed by atoms with E-state index >= 15 is 0 Å². The minimum atomic E-state index is 0.263. The smallest absolute Gasteiger partial charge is 0.0502 e. The Hall–Kier alpha value is -0.900. The maximum Gasteiger partial charge on any atom is 0.0502 e. The van der Waals surface area contributed by atoms with Crippen molar-refractivity contribution < 1.29 is 0 Å². The van der Waals surface area contributed by atoms with E-state index in [9.17, 15) is 0 Å². The van der Waals surface area contributed by atoms with Crippen molar-refractivity contribution in [2.45, 2.75) is 45.6 Å². The monoisotopic (exact) mass is 276 g/mol. The van der Waals surface area contributed by atoms with Gasteiger partial charge in [-0.3, -0.25) is 11.3 Å². The summed E-state index contributed by atoms with van der Waals surface area (Å²) in [5, 5.41) is 3.49. The van der Waals surface area contributed by atoms with Gasteiger partial charge in [0.1, 0.15) is 0 Å². The summed E-state index contributed by atoms with van der Waals surface area (Å²) in [4.78, 5) is 0. The minimum Gasteiger partial charge on any atom is -0.271 e. The van der Waals surface area contributed by atoms with Gasteiger partial charge in [-0.15, -0.1) is 11.3 Å². The Balaban J connectivity index is 2.31. The fourth-order valence-electron chi connectivity index (χ4n) is 2.81. The summed E-state index contributed by atoms with van der Waals surface area (Å²) in [6, 6.07) is 8.98. The molecule has 0 saturated heterocycles. The zero-order valence-electron chi connectivity index (χ0n) is 11.9. The lowest BCUT2D eigenvalue weighted by atomic mass is 9.87. The summed E-state index contributed by atoms with van der Waals surface area (Å²) in [6.07, 6.45) is 4.92. The van der Waals surface area contributed by atoms with Gasteiger partial charge in [-0.05, 0) is 34.7 Å². The van der Waals surface area contributed by atoms with Crippen LogP contribution in [-0.2, 0) is 0 Å². The number of hydrogen-bond acceptors (Lipinski definition) is 3. The number of unbranched alkanes of at least 4 members (excludes halogenated alkanes) is 1. The standard InChI is InChI=1S/C16H24N2S/c1-3-5-7-12(4-2)15(18-17)14-9-6-8-13-10-11-19-16(13)14/h6,8-12,15,18H,3-5,7,17H2,1-2H3. The van der Waals surface area contributed by atoms with E-state index in [4.69, 9.17) is 5.84 Å². The molecular formula is C16H24N2S. The van der Waals surface area contributed by atoms with Gasteiger partial charge >= 0.3 is 0 Å².